The largest absolute Gasteiger partial charge is 0.458 e. The molecule has 0 aliphatic carbocycles. The smallest absolute Gasteiger partial charge is 0.311 e. The SMILES string of the molecule is CC[C@H]1OC(=O)[C@H](C)[C@@H](O[C@H]2C[C@@](C)(OC)/C(=N/O)[C@H](C)O2)[C@H](C)[C@@H](C(C)C)[C@](C)(OC)C[C@@H](C)/C(=N\O)[C@H](C)[C@H]2CC(=O)O[C@@]21C. The van der Waals surface area contributed by atoms with E-state index in [0.717, 1.165) is 0 Å². The first kappa shape index (κ1) is 39.2. The highest BCUT2D eigenvalue weighted by molar-refractivity contribution is 5.96. The molecule has 0 aromatic rings. The minimum Gasteiger partial charge on any atom is -0.458 e. The molecule has 13 atom stereocenters. The van der Waals surface area contributed by atoms with Crippen molar-refractivity contribution in [1.82, 2.24) is 0 Å². The third-order valence-electron chi connectivity index (χ3n) is 11.7. The molecule has 0 saturated carbocycles. The first-order chi connectivity index (χ1) is 21.9. The van der Waals surface area contributed by atoms with Crippen molar-refractivity contribution in [3.63, 3.8) is 0 Å². The lowest BCUT2D eigenvalue weighted by molar-refractivity contribution is -0.243. The van der Waals surface area contributed by atoms with Gasteiger partial charge in [-0.1, -0.05) is 51.9 Å². The summed E-state index contributed by atoms with van der Waals surface area (Å²) in [4.78, 5) is 27.1. The number of hydrogen-bond donors (Lipinski definition) is 2. The quantitative estimate of drug-likeness (QED) is 0.200. The maximum atomic E-state index is 14.2. The summed E-state index contributed by atoms with van der Waals surface area (Å²) in [5.74, 6) is -2.90. The Balaban J connectivity index is 2.19. The summed E-state index contributed by atoms with van der Waals surface area (Å²) in [5, 5.41) is 27.4. The van der Waals surface area contributed by atoms with E-state index in [2.05, 4.69) is 38.0 Å². The number of nitrogens with zero attached hydrogens (tertiary/aromatic N) is 2. The Kier molecular flexibility index (Phi) is 12.6. The van der Waals surface area contributed by atoms with Gasteiger partial charge in [-0.3, -0.25) is 9.59 Å². The van der Waals surface area contributed by atoms with Gasteiger partial charge in [-0.25, -0.2) is 0 Å². The first-order valence-corrected chi connectivity index (χ1v) is 17.2. The van der Waals surface area contributed by atoms with Gasteiger partial charge >= 0.3 is 11.9 Å². The molecule has 47 heavy (non-hydrogen) atoms. The van der Waals surface area contributed by atoms with Crippen molar-refractivity contribution < 1.29 is 48.4 Å². The average Bonchev–Trinajstić information content (AvgIpc) is 3.31. The molecule has 0 amide bonds. The van der Waals surface area contributed by atoms with Crippen molar-refractivity contribution in [3.05, 3.63) is 0 Å². The number of carbonyl (C=O) groups excluding carboxylic acids is 2. The predicted molar refractivity (Wildman–Crippen MR) is 175 cm³/mol. The monoisotopic (exact) mass is 668 g/mol. The Morgan fingerprint density at radius 1 is 0.957 bits per heavy atom. The van der Waals surface area contributed by atoms with Gasteiger partial charge in [0.05, 0.1) is 29.8 Å². The summed E-state index contributed by atoms with van der Waals surface area (Å²) >= 11 is 0. The van der Waals surface area contributed by atoms with Crippen LogP contribution in [0, 0.1) is 41.4 Å². The van der Waals surface area contributed by atoms with Crippen molar-refractivity contribution in [2.45, 2.75) is 143 Å². The van der Waals surface area contributed by atoms with Crippen LogP contribution < -0.4 is 0 Å². The summed E-state index contributed by atoms with van der Waals surface area (Å²) in [5.41, 5.74) is -1.95. The summed E-state index contributed by atoms with van der Waals surface area (Å²) in [7, 11) is 3.23. The standard InChI is InChI=1S/C35H60N2O10/c1-14-25-35(11)24(15-26(38)47-35)20(5)29(36-40)19(4)16-33(9,42-12)28(18(2)3)21(6)30(22(7)32(39)45-25)46-27-17-34(10,43-13)31(37-41)23(8)44-27/h18-25,27-28,30,40-41H,14-17H2,1-13H3/b36-29+,37-31+/t19-,20-,21-,22-,23+,24-,25-,27+,28-,30+,33-,34-,35+/m1/s1. The molecular formula is C35H60N2O10. The molecule has 3 heterocycles. The molecule has 3 fully saturated rings. The lowest BCUT2D eigenvalue weighted by Crippen LogP contribution is -2.56. The van der Waals surface area contributed by atoms with Crippen LogP contribution in [-0.4, -0.2) is 89.4 Å². The third kappa shape index (κ3) is 7.50. The van der Waals surface area contributed by atoms with Gasteiger partial charge in [0.2, 0.25) is 0 Å². The van der Waals surface area contributed by atoms with Crippen LogP contribution in [0.25, 0.3) is 0 Å². The molecule has 0 bridgehead atoms. The molecule has 3 saturated heterocycles. The van der Waals surface area contributed by atoms with Crippen LogP contribution in [0.4, 0.5) is 0 Å². The Morgan fingerprint density at radius 2 is 1.60 bits per heavy atom. The maximum Gasteiger partial charge on any atom is 0.311 e. The second-order valence-corrected chi connectivity index (χ2v) is 15.1. The Hall–Kier alpha value is -2.28. The van der Waals surface area contributed by atoms with E-state index in [-0.39, 0.29) is 48.4 Å². The van der Waals surface area contributed by atoms with Gasteiger partial charge in [0, 0.05) is 38.4 Å². The second kappa shape index (κ2) is 15.1. The number of carbonyl (C=O) groups is 2. The molecule has 0 unspecified atom stereocenters. The molecule has 3 aliphatic heterocycles. The highest BCUT2D eigenvalue weighted by Crippen LogP contribution is 2.47. The minimum absolute atomic E-state index is 0.0902. The maximum absolute atomic E-state index is 14.2. The van der Waals surface area contributed by atoms with Crippen LogP contribution in [0.3, 0.4) is 0 Å². The van der Waals surface area contributed by atoms with Gasteiger partial charge in [-0.2, -0.15) is 0 Å². The van der Waals surface area contributed by atoms with Gasteiger partial charge in [-0.15, -0.1) is 0 Å². The summed E-state index contributed by atoms with van der Waals surface area (Å²) in [6.07, 6.45) is -1.60. The third-order valence-corrected chi connectivity index (χ3v) is 11.7. The lowest BCUT2D eigenvalue weighted by atomic mass is 9.65. The molecule has 270 valence electrons. The van der Waals surface area contributed by atoms with Crippen molar-refractivity contribution in [3.8, 4) is 0 Å². The molecule has 12 heteroatoms. The summed E-state index contributed by atoms with van der Waals surface area (Å²) in [6.45, 7) is 21.4. The van der Waals surface area contributed by atoms with Crippen molar-refractivity contribution in [2.75, 3.05) is 14.2 Å². The number of methoxy groups -OCH3 is 2. The van der Waals surface area contributed by atoms with E-state index < -0.39 is 59.2 Å². The van der Waals surface area contributed by atoms with Gasteiger partial charge in [-0.05, 0) is 65.2 Å². The van der Waals surface area contributed by atoms with Crippen LogP contribution in [0.1, 0.15) is 102 Å². The van der Waals surface area contributed by atoms with E-state index in [1.807, 2.05) is 34.6 Å². The van der Waals surface area contributed by atoms with E-state index in [1.54, 1.807) is 28.1 Å². The molecule has 3 aliphatic rings. The van der Waals surface area contributed by atoms with E-state index in [0.29, 0.717) is 24.3 Å². The Labute approximate surface area is 280 Å². The highest BCUT2D eigenvalue weighted by Gasteiger charge is 2.57. The molecule has 2 N–H and O–H groups in total. The normalized spacial score (nSPS) is 45.8. The van der Waals surface area contributed by atoms with Crippen molar-refractivity contribution in [1.29, 1.82) is 0 Å². The summed E-state index contributed by atoms with van der Waals surface area (Å²) < 4.78 is 37.4. The first-order valence-electron chi connectivity index (χ1n) is 17.2. The molecule has 0 aromatic heterocycles. The number of oxime groups is 2. The number of rotatable bonds is 6. The van der Waals surface area contributed by atoms with Gasteiger partial charge in [0.15, 0.2) is 6.29 Å². The predicted octanol–water partition coefficient (Wildman–Crippen LogP) is 5.84. The van der Waals surface area contributed by atoms with E-state index >= 15 is 0 Å². The van der Waals surface area contributed by atoms with Gasteiger partial charge in [0.1, 0.15) is 29.1 Å². The fraction of sp³-hybridized carbons (Fsp3) is 0.886. The molecule has 0 spiro atoms. The number of ether oxygens (including phenoxy) is 6. The van der Waals surface area contributed by atoms with Crippen molar-refractivity contribution in [2.24, 2.45) is 51.7 Å². The fourth-order valence-corrected chi connectivity index (χ4v) is 9.22. The number of fused-ring (bicyclic) bond motifs is 1. The van der Waals surface area contributed by atoms with Crippen LogP contribution in [-0.2, 0) is 38.0 Å². The molecule has 12 nitrogen and oxygen atoms in total. The van der Waals surface area contributed by atoms with Crippen LogP contribution in [0.5, 0.6) is 0 Å². The van der Waals surface area contributed by atoms with Gasteiger partial charge < -0.3 is 38.8 Å². The van der Waals surface area contributed by atoms with E-state index in [4.69, 9.17) is 28.4 Å². The molecular weight excluding hydrogens is 608 g/mol. The van der Waals surface area contributed by atoms with E-state index in [9.17, 15) is 20.0 Å². The Bertz CT molecular complexity index is 1180. The summed E-state index contributed by atoms with van der Waals surface area (Å²) in [6, 6.07) is 0. The fourth-order valence-electron chi connectivity index (χ4n) is 9.22. The van der Waals surface area contributed by atoms with Gasteiger partial charge in [0.25, 0.3) is 0 Å². The average molecular weight is 669 g/mol. The topological polar surface area (TPSA) is 155 Å². The highest BCUT2D eigenvalue weighted by atomic mass is 16.7. The lowest BCUT2D eigenvalue weighted by Gasteiger charge is -2.49. The van der Waals surface area contributed by atoms with Crippen LogP contribution in [0.15, 0.2) is 10.3 Å². The zero-order chi connectivity index (χ0) is 35.6. The molecule has 3 rings (SSSR count). The number of cyclic esters (lactones) is 1. The molecule has 0 radical (unpaired) electrons. The molecule has 0 aromatic carbocycles. The van der Waals surface area contributed by atoms with Crippen LogP contribution in [0.2, 0.25) is 0 Å². The minimum atomic E-state index is -1.14. The number of hydrogen-bond acceptors (Lipinski definition) is 12. The second-order valence-electron chi connectivity index (χ2n) is 15.1. The van der Waals surface area contributed by atoms with Crippen molar-refractivity contribution >= 4 is 23.4 Å². The number of esters is 2. The van der Waals surface area contributed by atoms with E-state index in [1.165, 1.54) is 0 Å². The zero-order valence-electron chi connectivity index (χ0n) is 30.7. The zero-order valence-corrected chi connectivity index (χ0v) is 30.7. The van der Waals surface area contributed by atoms with Crippen LogP contribution >= 0.6 is 0 Å². The Morgan fingerprint density at radius 3 is 2.11 bits per heavy atom.